The lowest BCUT2D eigenvalue weighted by Crippen LogP contribution is -2.65. The van der Waals surface area contributed by atoms with Crippen molar-refractivity contribution in [3.05, 3.63) is 53.4 Å². The van der Waals surface area contributed by atoms with E-state index < -0.39 is 17.3 Å². The summed E-state index contributed by atoms with van der Waals surface area (Å²) in [6, 6.07) is 9.14. The van der Waals surface area contributed by atoms with Gasteiger partial charge in [0, 0.05) is 43.2 Å². The van der Waals surface area contributed by atoms with E-state index in [1.54, 1.807) is 24.4 Å². The molecule has 1 aliphatic carbocycles. The summed E-state index contributed by atoms with van der Waals surface area (Å²) in [5.74, 6) is -2.82. The number of halogens is 3. The van der Waals surface area contributed by atoms with Crippen LogP contribution in [0.3, 0.4) is 0 Å². The number of nitrogens with zero attached hydrogens (tertiary/aromatic N) is 3. The molecule has 2 aromatic rings. The number of anilines is 1. The van der Waals surface area contributed by atoms with Crippen LogP contribution in [-0.4, -0.2) is 41.4 Å². The normalized spacial score (nSPS) is 22.0. The molecule has 4 rings (SSSR count). The minimum Gasteiger partial charge on any atom is -0.355 e. The molecule has 27 heavy (non-hydrogen) atoms. The van der Waals surface area contributed by atoms with Crippen molar-refractivity contribution in [2.45, 2.75) is 18.8 Å². The average molecular weight is 393 g/mol. The van der Waals surface area contributed by atoms with Crippen molar-refractivity contribution in [1.82, 2.24) is 15.3 Å². The highest BCUT2D eigenvalue weighted by atomic mass is 35.5. The number of nitrogens with one attached hydrogen (secondary N) is 1. The molecule has 142 valence electrons. The molecule has 1 saturated heterocycles. The molecule has 0 bridgehead atoms. The first-order chi connectivity index (χ1) is 12.9. The Morgan fingerprint density at radius 2 is 1.96 bits per heavy atom. The van der Waals surface area contributed by atoms with Crippen molar-refractivity contribution in [2.75, 3.05) is 24.5 Å². The van der Waals surface area contributed by atoms with Gasteiger partial charge in [-0.05, 0) is 30.2 Å². The molecule has 1 aromatic heterocycles. The van der Waals surface area contributed by atoms with Crippen LogP contribution in [0.15, 0.2) is 42.9 Å². The predicted molar refractivity (Wildman–Crippen MR) is 97.9 cm³/mol. The number of benzene rings is 1. The van der Waals surface area contributed by atoms with E-state index in [0.717, 1.165) is 11.4 Å². The Balaban J connectivity index is 1.47. The number of rotatable bonds is 6. The van der Waals surface area contributed by atoms with Crippen LogP contribution in [0.5, 0.6) is 0 Å². The highest BCUT2D eigenvalue weighted by molar-refractivity contribution is 6.30. The second kappa shape index (κ2) is 6.71. The van der Waals surface area contributed by atoms with Crippen LogP contribution in [0.1, 0.15) is 12.0 Å². The molecule has 2 aliphatic rings. The number of hydrogen-bond donors (Lipinski definition) is 1. The summed E-state index contributed by atoms with van der Waals surface area (Å²) in [7, 11) is 0. The van der Waals surface area contributed by atoms with Gasteiger partial charge in [0.2, 0.25) is 5.91 Å². The number of amides is 1. The zero-order valence-corrected chi connectivity index (χ0v) is 15.3. The molecular formula is C19H19ClF2N4O. The fraction of sp³-hybridized carbons (Fsp3) is 0.421. The van der Waals surface area contributed by atoms with E-state index in [2.05, 4.69) is 15.3 Å². The zero-order valence-electron chi connectivity index (χ0n) is 14.5. The van der Waals surface area contributed by atoms with Crippen LogP contribution >= 0.6 is 11.6 Å². The van der Waals surface area contributed by atoms with E-state index in [9.17, 15) is 13.6 Å². The van der Waals surface area contributed by atoms with Crippen molar-refractivity contribution >= 4 is 23.3 Å². The molecule has 1 N–H and O–H groups in total. The second-order valence-corrected chi connectivity index (χ2v) is 7.82. The second-order valence-electron chi connectivity index (χ2n) is 7.38. The number of aromatic nitrogens is 2. The summed E-state index contributed by atoms with van der Waals surface area (Å²) in [4.78, 5) is 23.0. The average Bonchev–Trinajstić information content (AvgIpc) is 3.25. The zero-order chi connectivity index (χ0) is 19.1. The smallest absolute Gasteiger partial charge is 0.253 e. The molecule has 1 aromatic carbocycles. The molecule has 8 heteroatoms. The fourth-order valence-corrected chi connectivity index (χ4v) is 3.67. The molecule has 1 saturated carbocycles. The first-order valence-corrected chi connectivity index (χ1v) is 9.17. The Morgan fingerprint density at radius 3 is 2.56 bits per heavy atom. The Bertz CT molecular complexity index is 825. The van der Waals surface area contributed by atoms with Gasteiger partial charge in [0.15, 0.2) is 0 Å². The van der Waals surface area contributed by atoms with Crippen molar-refractivity contribution in [1.29, 1.82) is 0 Å². The summed E-state index contributed by atoms with van der Waals surface area (Å²) < 4.78 is 26.2. The van der Waals surface area contributed by atoms with Crippen molar-refractivity contribution in [3.8, 4) is 0 Å². The van der Waals surface area contributed by atoms with E-state index in [0.29, 0.717) is 24.5 Å². The van der Waals surface area contributed by atoms with E-state index >= 15 is 0 Å². The van der Waals surface area contributed by atoms with Crippen LogP contribution in [0, 0.1) is 11.3 Å². The summed E-state index contributed by atoms with van der Waals surface area (Å²) in [6.07, 6.45) is 3.48. The van der Waals surface area contributed by atoms with Gasteiger partial charge in [0.1, 0.15) is 12.1 Å². The summed E-state index contributed by atoms with van der Waals surface area (Å²) in [5, 5.41) is 3.37. The van der Waals surface area contributed by atoms with Crippen molar-refractivity contribution in [3.63, 3.8) is 0 Å². The summed E-state index contributed by atoms with van der Waals surface area (Å²) in [5.41, 5.74) is 0.303. The van der Waals surface area contributed by atoms with Crippen molar-refractivity contribution < 1.29 is 13.6 Å². The first kappa shape index (κ1) is 18.1. The Morgan fingerprint density at radius 1 is 1.26 bits per heavy atom. The third-order valence-corrected chi connectivity index (χ3v) is 5.53. The Labute approximate surface area is 160 Å². The van der Waals surface area contributed by atoms with Crippen molar-refractivity contribution in [2.24, 2.45) is 11.3 Å². The number of carbonyl (C=O) groups excluding carboxylic acids is 1. The largest absolute Gasteiger partial charge is 0.355 e. The molecule has 5 nitrogen and oxygen atoms in total. The van der Waals surface area contributed by atoms with Gasteiger partial charge < -0.3 is 10.2 Å². The van der Waals surface area contributed by atoms with E-state index in [4.69, 9.17) is 11.6 Å². The maximum absolute atomic E-state index is 13.1. The highest BCUT2D eigenvalue weighted by Crippen LogP contribution is 2.48. The third-order valence-electron chi connectivity index (χ3n) is 5.28. The minimum atomic E-state index is -2.64. The van der Waals surface area contributed by atoms with Crippen LogP contribution in [0.2, 0.25) is 5.02 Å². The van der Waals surface area contributed by atoms with Crippen LogP contribution in [0.4, 0.5) is 14.6 Å². The number of carbonyl (C=O) groups is 1. The lowest BCUT2D eigenvalue weighted by atomic mass is 9.73. The van der Waals surface area contributed by atoms with Gasteiger partial charge >= 0.3 is 0 Å². The lowest BCUT2D eigenvalue weighted by molar-refractivity contribution is -0.132. The quantitative estimate of drug-likeness (QED) is 0.821. The van der Waals surface area contributed by atoms with Gasteiger partial charge in [-0.1, -0.05) is 23.7 Å². The standard InChI is InChI=1S/C19H19ClF2N4O/c20-15-3-1-13(2-4-15)7-18(17(27)24-9-14-8-19(14,21)22)10-26(11-18)16-5-6-23-12-25-16/h1-6,12,14H,7-11H2,(H,24,27). The SMILES string of the molecule is O=C(NCC1CC1(F)F)C1(Cc2ccc(Cl)cc2)CN(c2ccncn2)C1. The summed E-state index contributed by atoms with van der Waals surface area (Å²) in [6.45, 7) is 0.959. The fourth-order valence-electron chi connectivity index (χ4n) is 3.54. The van der Waals surface area contributed by atoms with Gasteiger partial charge in [-0.2, -0.15) is 0 Å². The van der Waals surface area contributed by atoms with E-state index in [1.807, 2.05) is 17.0 Å². The highest BCUT2D eigenvalue weighted by Gasteiger charge is 2.57. The molecule has 2 fully saturated rings. The Hall–Kier alpha value is -2.28. The molecule has 1 atom stereocenters. The lowest BCUT2D eigenvalue weighted by Gasteiger charge is -2.49. The third kappa shape index (κ3) is 3.74. The van der Waals surface area contributed by atoms with Gasteiger partial charge in [0.25, 0.3) is 5.92 Å². The first-order valence-electron chi connectivity index (χ1n) is 8.80. The van der Waals surface area contributed by atoms with Gasteiger partial charge in [-0.25, -0.2) is 18.7 Å². The number of hydrogen-bond acceptors (Lipinski definition) is 4. The van der Waals surface area contributed by atoms with Crippen LogP contribution in [-0.2, 0) is 11.2 Å². The van der Waals surface area contributed by atoms with Gasteiger partial charge in [0.05, 0.1) is 5.41 Å². The summed E-state index contributed by atoms with van der Waals surface area (Å²) >= 11 is 5.94. The molecule has 1 amide bonds. The minimum absolute atomic E-state index is 0.0156. The monoisotopic (exact) mass is 392 g/mol. The maximum Gasteiger partial charge on any atom is 0.253 e. The molecule has 2 heterocycles. The van der Waals surface area contributed by atoms with E-state index in [-0.39, 0.29) is 18.9 Å². The maximum atomic E-state index is 13.1. The number of alkyl halides is 2. The molecule has 1 unspecified atom stereocenters. The molecule has 1 aliphatic heterocycles. The topological polar surface area (TPSA) is 58.1 Å². The van der Waals surface area contributed by atoms with Gasteiger partial charge in [-0.3, -0.25) is 4.79 Å². The van der Waals surface area contributed by atoms with Crippen LogP contribution in [0.25, 0.3) is 0 Å². The molecule has 0 radical (unpaired) electrons. The predicted octanol–water partition coefficient (Wildman–Crippen LogP) is 2.95. The Kier molecular flexibility index (Phi) is 4.50. The molecular weight excluding hydrogens is 374 g/mol. The molecule has 0 spiro atoms. The van der Waals surface area contributed by atoms with E-state index in [1.165, 1.54) is 6.33 Å². The van der Waals surface area contributed by atoms with Crippen LogP contribution < -0.4 is 10.2 Å². The van der Waals surface area contributed by atoms with Gasteiger partial charge in [-0.15, -0.1) is 0 Å².